The highest BCUT2D eigenvalue weighted by atomic mass is 32.1. The highest BCUT2D eigenvalue weighted by molar-refractivity contribution is 7.80. The zero-order valence-corrected chi connectivity index (χ0v) is 10.5. The summed E-state index contributed by atoms with van der Waals surface area (Å²) in [4.78, 5) is 23.6. The van der Waals surface area contributed by atoms with Crippen molar-refractivity contribution in [3.8, 4) is 0 Å². The van der Waals surface area contributed by atoms with Crippen molar-refractivity contribution in [2.75, 3.05) is 7.11 Å². The Kier molecular flexibility index (Phi) is 3.57. The van der Waals surface area contributed by atoms with Crippen molar-refractivity contribution in [3.63, 3.8) is 0 Å². The Hall–Kier alpha value is -1.95. The molecule has 1 saturated heterocycles. The number of esters is 1. The van der Waals surface area contributed by atoms with Gasteiger partial charge in [-0.25, -0.2) is 0 Å². The summed E-state index contributed by atoms with van der Waals surface area (Å²) in [7, 11) is 1.25. The lowest BCUT2D eigenvalue weighted by Crippen LogP contribution is -2.56. The molecule has 1 aromatic carbocycles. The zero-order chi connectivity index (χ0) is 13.1. The SMILES string of the molecule is COC(=O)[C@H]1C(=O)NC(=S)N[C@H]1c1ccccc1. The van der Waals surface area contributed by atoms with Crippen LogP contribution in [-0.2, 0) is 14.3 Å². The molecule has 1 aromatic rings. The quantitative estimate of drug-likeness (QED) is 0.463. The van der Waals surface area contributed by atoms with E-state index in [-0.39, 0.29) is 5.11 Å². The molecule has 1 aliphatic heterocycles. The van der Waals surface area contributed by atoms with E-state index in [0.29, 0.717) is 0 Å². The van der Waals surface area contributed by atoms with Crippen LogP contribution in [0.2, 0.25) is 0 Å². The number of hydrogen-bond donors (Lipinski definition) is 2. The van der Waals surface area contributed by atoms with Crippen LogP contribution in [0.3, 0.4) is 0 Å². The van der Waals surface area contributed by atoms with E-state index in [9.17, 15) is 9.59 Å². The average molecular weight is 264 g/mol. The Morgan fingerprint density at radius 3 is 2.61 bits per heavy atom. The number of rotatable bonds is 2. The number of amides is 1. The smallest absolute Gasteiger partial charge is 0.320 e. The molecule has 0 aromatic heterocycles. The van der Waals surface area contributed by atoms with Gasteiger partial charge in [-0.15, -0.1) is 0 Å². The van der Waals surface area contributed by atoms with E-state index in [4.69, 9.17) is 12.2 Å². The standard InChI is InChI=1S/C12H12N2O3S/c1-17-11(16)8-9(7-5-3-2-4-6-7)13-12(18)14-10(8)15/h2-6,8-9H,1H3,(H2,13,14,15,18)/t8-,9+/m1/s1. The van der Waals surface area contributed by atoms with E-state index >= 15 is 0 Å². The molecule has 0 bridgehead atoms. The Morgan fingerprint density at radius 2 is 2.00 bits per heavy atom. The summed E-state index contributed by atoms with van der Waals surface area (Å²) >= 11 is 4.94. The van der Waals surface area contributed by atoms with Gasteiger partial charge in [0.1, 0.15) is 0 Å². The summed E-state index contributed by atoms with van der Waals surface area (Å²) in [5.41, 5.74) is 0.810. The van der Waals surface area contributed by atoms with Gasteiger partial charge in [0, 0.05) is 0 Å². The van der Waals surface area contributed by atoms with Crippen LogP contribution in [-0.4, -0.2) is 24.1 Å². The van der Waals surface area contributed by atoms with Gasteiger partial charge < -0.3 is 15.4 Å². The lowest BCUT2D eigenvalue weighted by Gasteiger charge is -2.31. The highest BCUT2D eigenvalue weighted by Crippen LogP contribution is 2.25. The van der Waals surface area contributed by atoms with Crippen LogP contribution in [0.15, 0.2) is 30.3 Å². The Labute approximate surface area is 110 Å². The second-order valence-electron chi connectivity index (χ2n) is 3.85. The summed E-state index contributed by atoms with van der Waals surface area (Å²) in [6, 6.07) is 8.68. The highest BCUT2D eigenvalue weighted by Gasteiger charge is 2.41. The molecular formula is C12H12N2O3S. The van der Waals surface area contributed by atoms with Gasteiger partial charge in [-0.1, -0.05) is 30.3 Å². The number of carbonyl (C=O) groups excluding carboxylic acids is 2. The normalized spacial score (nSPS) is 22.9. The third-order valence-electron chi connectivity index (χ3n) is 2.75. The molecule has 0 radical (unpaired) electrons. The Morgan fingerprint density at radius 1 is 1.33 bits per heavy atom. The van der Waals surface area contributed by atoms with Crippen LogP contribution in [0.5, 0.6) is 0 Å². The van der Waals surface area contributed by atoms with Gasteiger partial charge in [-0.3, -0.25) is 9.59 Å². The van der Waals surface area contributed by atoms with Crippen LogP contribution >= 0.6 is 12.2 Å². The summed E-state index contributed by atoms with van der Waals surface area (Å²) in [5.74, 6) is -1.97. The molecule has 1 amide bonds. The van der Waals surface area contributed by atoms with E-state index in [2.05, 4.69) is 15.4 Å². The topological polar surface area (TPSA) is 67.4 Å². The van der Waals surface area contributed by atoms with Crippen molar-refractivity contribution in [2.24, 2.45) is 5.92 Å². The first-order chi connectivity index (χ1) is 8.63. The van der Waals surface area contributed by atoms with Gasteiger partial charge in [-0.2, -0.15) is 0 Å². The average Bonchev–Trinajstić information content (AvgIpc) is 2.38. The summed E-state index contributed by atoms with van der Waals surface area (Å²) in [5, 5.41) is 5.57. The molecule has 1 heterocycles. The third kappa shape index (κ3) is 2.33. The second-order valence-corrected chi connectivity index (χ2v) is 4.26. The first-order valence-electron chi connectivity index (χ1n) is 5.37. The van der Waals surface area contributed by atoms with Crippen LogP contribution < -0.4 is 10.6 Å². The van der Waals surface area contributed by atoms with Crippen LogP contribution in [0, 0.1) is 5.92 Å². The number of thiocarbonyl (C=S) groups is 1. The fourth-order valence-electron chi connectivity index (χ4n) is 1.91. The minimum absolute atomic E-state index is 0.217. The van der Waals surface area contributed by atoms with Gasteiger partial charge in [0.2, 0.25) is 5.91 Å². The molecule has 0 spiro atoms. The zero-order valence-electron chi connectivity index (χ0n) is 9.67. The van der Waals surface area contributed by atoms with Gasteiger partial charge >= 0.3 is 5.97 Å². The van der Waals surface area contributed by atoms with E-state index in [0.717, 1.165) is 5.56 Å². The molecule has 0 saturated carbocycles. The molecule has 1 aliphatic rings. The molecule has 6 heteroatoms. The molecule has 5 nitrogen and oxygen atoms in total. The van der Waals surface area contributed by atoms with Gasteiger partial charge in [0.05, 0.1) is 13.2 Å². The van der Waals surface area contributed by atoms with Crippen molar-refractivity contribution in [3.05, 3.63) is 35.9 Å². The number of ether oxygens (including phenoxy) is 1. The molecule has 18 heavy (non-hydrogen) atoms. The van der Waals surface area contributed by atoms with Crippen molar-refractivity contribution in [1.29, 1.82) is 0 Å². The van der Waals surface area contributed by atoms with E-state index in [1.807, 2.05) is 30.3 Å². The minimum Gasteiger partial charge on any atom is -0.468 e. The second kappa shape index (κ2) is 5.14. The van der Waals surface area contributed by atoms with Crippen molar-refractivity contribution in [1.82, 2.24) is 10.6 Å². The number of carbonyl (C=O) groups is 2. The molecule has 94 valence electrons. The number of hydrogen-bond acceptors (Lipinski definition) is 4. The molecule has 1 fully saturated rings. The van der Waals surface area contributed by atoms with Gasteiger partial charge in [0.25, 0.3) is 0 Å². The van der Waals surface area contributed by atoms with E-state index in [1.54, 1.807) is 0 Å². The Balaban J connectivity index is 2.36. The maximum absolute atomic E-state index is 11.8. The molecule has 2 atom stereocenters. The fourth-order valence-corrected chi connectivity index (χ4v) is 2.14. The first-order valence-corrected chi connectivity index (χ1v) is 5.78. The summed E-state index contributed by atoms with van der Waals surface area (Å²) in [6.07, 6.45) is 0. The number of methoxy groups -OCH3 is 1. The number of benzene rings is 1. The predicted molar refractivity (Wildman–Crippen MR) is 68.6 cm³/mol. The lowest BCUT2D eigenvalue weighted by molar-refractivity contribution is -0.151. The fraction of sp³-hybridized carbons (Fsp3) is 0.250. The maximum atomic E-state index is 11.8. The van der Waals surface area contributed by atoms with Crippen molar-refractivity contribution < 1.29 is 14.3 Å². The number of nitrogens with one attached hydrogen (secondary N) is 2. The Bertz CT molecular complexity index is 489. The largest absolute Gasteiger partial charge is 0.468 e. The molecule has 0 aliphatic carbocycles. The van der Waals surface area contributed by atoms with Crippen LogP contribution in [0.4, 0.5) is 0 Å². The van der Waals surface area contributed by atoms with Crippen LogP contribution in [0.25, 0.3) is 0 Å². The molecule has 0 unspecified atom stereocenters. The van der Waals surface area contributed by atoms with Crippen LogP contribution in [0.1, 0.15) is 11.6 Å². The predicted octanol–water partition coefficient (Wildman–Crippen LogP) is 0.521. The van der Waals surface area contributed by atoms with Gasteiger partial charge in [-0.05, 0) is 17.8 Å². The van der Waals surface area contributed by atoms with Crippen molar-refractivity contribution in [2.45, 2.75) is 6.04 Å². The maximum Gasteiger partial charge on any atom is 0.320 e. The van der Waals surface area contributed by atoms with Crippen molar-refractivity contribution >= 4 is 29.2 Å². The summed E-state index contributed by atoms with van der Waals surface area (Å²) in [6.45, 7) is 0. The molecule has 2 N–H and O–H groups in total. The van der Waals surface area contributed by atoms with Gasteiger partial charge in [0.15, 0.2) is 11.0 Å². The third-order valence-corrected chi connectivity index (χ3v) is 2.97. The lowest BCUT2D eigenvalue weighted by atomic mass is 9.91. The van der Waals surface area contributed by atoms with E-state index in [1.165, 1.54) is 7.11 Å². The monoisotopic (exact) mass is 264 g/mol. The van der Waals surface area contributed by atoms with E-state index < -0.39 is 23.8 Å². The first kappa shape index (κ1) is 12.5. The molecular weight excluding hydrogens is 252 g/mol. The summed E-state index contributed by atoms with van der Waals surface area (Å²) < 4.78 is 4.66. The minimum atomic E-state index is -0.941. The molecule has 2 rings (SSSR count).